The number of carbonyl (C=O) groups excluding carboxylic acids is 2. The minimum Gasteiger partial charge on any atom is -0.543 e. The molecule has 2 aromatic carbocycles. The van der Waals surface area contributed by atoms with Crippen molar-refractivity contribution in [3.05, 3.63) is 80.5 Å². The van der Waals surface area contributed by atoms with Crippen molar-refractivity contribution in [2.45, 2.75) is 193 Å². The predicted molar refractivity (Wildman–Crippen MR) is 504 cm³/mol. The van der Waals surface area contributed by atoms with E-state index in [4.69, 9.17) is 66.0 Å². The van der Waals surface area contributed by atoms with Gasteiger partial charge in [-0.15, -0.1) is 0 Å². The van der Waals surface area contributed by atoms with E-state index in [1.165, 1.54) is 53.5 Å². The Kier molecular flexibility index (Phi) is 36.5. The monoisotopic (exact) mass is 2120 g/mol. The second-order valence-electron chi connectivity index (χ2n) is 33.6. The van der Waals surface area contributed by atoms with Gasteiger partial charge in [0.15, 0.2) is 22.8 Å². The molecule has 126 heavy (non-hydrogen) atoms. The molecule has 14 rings (SSSR count). The van der Waals surface area contributed by atoms with Crippen molar-refractivity contribution in [3.63, 3.8) is 0 Å². The zero-order chi connectivity index (χ0) is 94.5. The molecular formula is C75H114BClI2N21O20S5Si. The number of nitrogen functional groups attached to an aromatic ring is 3. The molecule has 4 fully saturated rings. The van der Waals surface area contributed by atoms with Crippen LogP contribution in [-0.4, -0.2) is 274 Å². The number of rotatable bonds is 12. The standard InChI is InChI=1S/C25H31N7O4S.C19H29BNO5Si.C11H15IN6O2S.C7H15NO5S2.C6H13NO.C5H4IN5.CH3ClO2S.CH4O/c1-15-6-7-18-16(12-15)13-19(31(18)24(33)36-25(2,3)4)21-20-22(26)27-14-28-23(20)32(29-21)17-8-10-30(11-9-17)37(5,34)35;1-18(2,3)24-17(22)21-15-10-9-14(26-27(7,8)19(4,5)6)11-13(15)12-16(21)25-20-23;1-21(19,20)17-4-2-7(3-5-17)18-11-8(9(12)16-18)10(13)14-6-15-11;1-14(9,10)8-5-3-7(4-6-8)13-15(2,11)12;7-5-1-3-6(8)4-2-5;6-3-2-4(7)8-1-9-5(2)11-10-3;1-5(2,3)4;1-2/h6-7,12-14,17H,8-11H2,1-5H3,(H2,26,27,28);9-12,23H,1-8H3;6-7H,2-5H2,1H3,(H2,13,14,15);7H,3-6H2,1-2H3;5-6,8H,1-4,7H2;1H,(H3,7,8,9,10,11);1H3;2H,1H3. The molecule has 8 aromatic heterocycles. The fourth-order valence-electron chi connectivity index (χ4n) is 13.3. The van der Waals surface area contributed by atoms with Crippen LogP contribution in [0.15, 0.2) is 67.5 Å². The molecule has 0 spiro atoms. The molecule has 10 aromatic rings. The van der Waals surface area contributed by atoms with Gasteiger partial charge in [-0.2, -0.15) is 23.7 Å². The molecule has 0 amide bonds. The van der Waals surface area contributed by atoms with Gasteiger partial charge in [-0.1, -0.05) is 32.4 Å². The Bertz CT molecular complexity index is 6020. The number of carbonyl (C=O) groups is 2. The number of nitrogens with two attached hydrogens (primary N) is 4. The quantitative estimate of drug-likeness (QED) is 0.0245. The van der Waals surface area contributed by atoms with Crippen LogP contribution in [0.25, 0.3) is 66.3 Å². The lowest BCUT2D eigenvalue weighted by Crippen LogP contribution is -2.43. The SMILES string of the molecule is CC(C)(C)OC(=O)n1c(O[B]O)cc2cc(O[Si](C)(C)C(C)(C)C)ccc21.CO.CS(=O)(=O)Cl.CS(=O)(=O)N1CCC(n2nc(I)c3c(N)ncnc32)CC1.CS(=O)(=O)OC1CCN(S(C)(=O)=O)CC1.Cc1ccc2c(c1)cc(-c1nn(C3CCN(S(C)(=O)=O)CC3)c3ncnc(N)c13)n2C(=O)OC(C)(C)C.NC1CCC(O)CC1.Nc1ncnc2n[nH]c(I)c12. The van der Waals surface area contributed by atoms with Crippen LogP contribution in [0.4, 0.5) is 27.0 Å². The first-order valence-electron chi connectivity index (χ1n) is 39.5. The van der Waals surface area contributed by atoms with Gasteiger partial charge in [0.1, 0.15) is 66.5 Å². The van der Waals surface area contributed by atoms with Crippen LogP contribution in [0.5, 0.6) is 11.6 Å². The molecule has 697 valence electrons. The van der Waals surface area contributed by atoms with E-state index in [9.17, 15) is 51.7 Å². The van der Waals surface area contributed by atoms with Gasteiger partial charge in [-0.25, -0.2) is 105 Å². The van der Waals surface area contributed by atoms with Gasteiger partial charge in [-0.05, 0) is 212 Å². The largest absolute Gasteiger partial charge is 0.570 e. The van der Waals surface area contributed by atoms with Crippen LogP contribution in [-0.2, 0) is 62.9 Å². The number of piperidine rings is 3. The zero-order valence-corrected chi connectivity index (χ0v) is 83.7. The fraction of sp³-hybridized carbons (Fsp3) is 0.560. The number of aliphatic hydroxyl groups excluding tert-OH is 2. The molecule has 1 saturated carbocycles. The molecule has 12 N–H and O–H groups in total. The first-order chi connectivity index (χ1) is 58.2. The van der Waals surface area contributed by atoms with Crippen LogP contribution in [0.2, 0.25) is 18.1 Å². The van der Waals surface area contributed by atoms with E-state index in [1.54, 1.807) is 37.6 Å². The highest BCUT2D eigenvalue weighted by molar-refractivity contribution is 14.1. The normalized spacial score (nSPS) is 17.1. The molecule has 41 nitrogen and oxygen atoms in total. The number of sulfonamides is 3. The van der Waals surface area contributed by atoms with E-state index >= 15 is 0 Å². The highest BCUT2D eigenvalue weighted by atomic mass is 127. The summed E-state index contributed by atoms with van der Waals surface area (Å²) in [6.45, 7) is 26.1. The van der Waals surface area contributed by atoms with Crippen molar-refractivity contribution in [3.8, 4) is 23.0 Å². The van der Waals surface area contributed by atoms with E-state index in [-0.39, 0.29) is 34.9 Å². The number of hydrogen-bond donors (Lipinski definition) is 8. The Hall–Kier alpha value is -7.43. The average Bonchev–Trinajstić information content (AvgIpc) is 1.58. The summed E-state index contributed by atoms with van der Waals surface area (Å²) >= 11 is 4.22. The van der Waals surface area contributed by atoms with Crippen molar-refractivity contribution >= 4 is 206 Å². The summed E-state index contributed by atoms with van der Waals surface area (Å²) in [5.41, 5.74) is 27.3. The minimum absolute atomic E-state index is 0.0604. The summed E-state index contributed by atoms with van der Waals surface area (Å²) in [7, 11) is -12.1. The lowest BCUT2D eigenvalue weighted by atomic mass is 9.94. The number of fused-ring (bicyclic) bond motifs is 5. The smallest absolute Gasteiger partial charge is 0.543 e. The minimum atomic E-state index is -3.44. The first kappa shape index (κ1) is 106. The van der Waals surface area contributed by atoms with E-state index in [2.05, 4.69) is 135 Å². The maximum Gasteiger partial charge on any atom is 0.570 e. The second-order valence-corrected chi connectivity index (χ2v) is 51.1. The molecular weight excluding hydrogens is 2000 g/mol. The van der Waals surface area contributed by atoms with Gasteiger partial charge in [0.2, 0.25) is 47.4 Å². The first-order valence-corrected chi connectivity index (χ1v) is 54.7. The number of hydrogen-bond acceptors (Lipinski definition) is 33. The third-order valence-electron chi connectivity index (χ3n) is 20.2. The third-order valence-corrected chi connectivity index (χ3v) is 30.6. The average molecular weight is 2120 g/mol. The molecule has 51 heteroatoms. The Labute approximate surface area is 767 Å². The van der Waals surface area contributed by atoms with Gasteiger partial charge >= 0.3 is 19.9 Å². The Balaban J connectivity index is 0.000000216. The van der Waals surface area contributed by atoms with Crippen molar-refractivity contribution in [2.75, 3.05) is 94.9 Å². The topological polar surface area (TPSA) is 577 Å². The van der Waals surface area contributed by atoms with E-state index < -0.39 is 87.0 Å². The summed E-state index contributed by atoms with van der Waals surface area (Å²) < 4.78 is 150. The number of nitrogens with one attached hydrogen (secondary N) is 1. The van der Waals surface area contributed by atoms with Crippen LogP contribution < -0.4 is 32.0 Å². The van der Waals surface area contributed by atoms with Crippen LogP contribution in [0.3, 0.4) is 0 Å². The fourth-order valence-corrected chi connectivity index (χ4v) is 19.0. The molecule has 3 saturated heterocycles. The van der Waals surface area contributed by atoms with Gasteiger partial charge in [-0.3, -0.25) is 9.28 Å². The van der Waals surface area contributed by atoms with Crippen LogP contribution >= 0.6 is 55.9 Å². The number of halogens is 3. The number of nitrogens with zero attached hydrogens (tertiary/aromatic N) is 16. The highest BCUT2D eigenvalue weighted by Gasteiger charge is 2.40. The molecule has 1 radical (unpaired) electrons. The lowest BCUT2D eigenvalue weighted by molar-refractivity contribution is 0.0529. The van der Waals surface area contributed by atoms with E-state index in [0.29, 0.717) is 148 Å². The van der Waals surface area contributed by atoms with Crippen molar-refractivity contribution in [2.24, 2.45) is 5.73 Å². The van der Waals surface area contributed by atoms with Crippen molar-refractivity contribution in [1.29, 1.82) is 0 Å². The molecule has 1 aliphatic carbocycles. The molecule has 3 aliphatic heterocycles. The highest BCUT2D eigenvalue weighted by Crippen LogP contribution is 2.41. The number of H-pyrrole nitrogens is 1. The Morgan fingerprint density at radius 2 is 1.01 bits per heavy atom. The second kappa shape index (κ2) is 43.5. The number of aromatic amines is 1. The maximum atomic E-state index is 13.5. The van der Waals surface area contributed by atoms with E-state index in [1.807, 2.05) is 68.8 Å². The summed E-state index contributed by atoms with van der Waals surface area (Å²) in [5.74, 6) is 2.05. The van der Waals surface area contributed by atoms with Crippen LogP contribution in [0.1, 0.15) is 144 Å². The number of aliphatic hydroxyl groups is 2. The predicted octanol–water partition coefficient (Wildman–Crippen LogP) is 9.01. The van der Waals surface area contributed by atoms with Gasteiger partial charge < -0.3 is 56.7 Å². The number of aryl methyl sites for hydroxylation is 1. The molecule has 0 unspecified atom stereocenters. The third kappa shape index (κ3) is 30.1. The van der Waals surface area contributed by atoms with Gasteiger partial charge in [0.25, 0.3) is 10.1 Å². The summed E-state index contributed by atoms with van der Waals surface area (Å²) in [6, 6.07) is 15.3. The van der Waals surface area contributed by atoms with Gasteiger partial charge in [0.05, 0.1) is 88.5 Å². The summed E-state index contributed by atoms with van der Waals surface area (Å²) in [6.07, 6.45) is 15.4. The number of ether oxygens (including phenoxy) is 2. The zero-order valence-electron chi connectivity index (χ0n) is 73.6. The molecule has 4 aliphatic rings. The number of benzene rings is 2. The van der Waals surface area contributed by atoms with Crippen molar-refractivity contribution < 1.29 is 89.7 Å². The Morgan fingerprint density at radius 3 is 1.46 bits per heavy atom. The molecule has 11 heterocycles. The van der Waals surface area contributed by atoms with Crippen LogP contribution in [0, 0.1) is 14.3 Å². The van der Waals surface area contributed by atoms with Crippen molar-refractivity contribution in [1.82, 2.24) is 81.7 Å². The number of aromatic nitrogens is 14. The molecule has 0 bridgehead atoms. The summed E-state index contributed by atoms with van der Waals surface area (Å²) in [4.78, 5) is 50.8. The van der Waals surface area contributed by atoms with E-state index in [0.717, 1.165) is 91.8 Å². The molecule has 0 atom stereocenters. The van der Waals surface area contributed by atoms with Gasteiger partial charge in [0, 0.05) is 79.9 Å². The Morgan fingerprint density at radius 1 is 0.579 bits per heavy atom. The maximum absolute atomic E-state index is 13.5. The number of anilines is 3. The lowest BCUT2D eigenvalue weighted by Gasteiger charge is -2.36. The summed E-state index contributed by atoms with van der Waals surface area (Å²) in [5, 5.41) is 44.9.